The van der Waals surface area contributed by atoms with Gasteiger partial charge in [-0.25, -0.2) is 16.8 Å². The van der Waals surface area contributed by atoms with Gasteiger partial charge >= 0.3 is 48.9 Å². The zero-order chi connectivity index (χ0) is 70.7. The second-order valence-corrected chi connectivity index (χ2v) is 33.9. The van der Waals surface area contributed by atoms with Gasteiger partial charge in [-0.2, -0.15) is 0 Å². The summed E-state index contributed by atoms with van der Waals surface area (Å²) in [4.78, 5) is -0.210. The summed E-state index contributed by atoms with van der Waals surface area (Å²) in [5, 5.41) is 0. The summed E-state index contributed by atoms with van der Waals surface area (Å²) in [5.41, 5.74) is 1.90. The van der Waals surface area contributed by atoms with E-state index in [4.69, 9.17) is 0 Å². The Kier molecular flexibility index (Phi) is 78.8. The summed E-state index contributed by atoms with van der Waals surface area (Å²) >= 11 is 0. The molecule has 0 radical (unpaired) electrons. The van der Waals surface area contributed by atoms with E-state index in [0.717, 1.165) is 36.8 Å². The number of rotatable bonds is 78. The van der Waals surface area contributed by atoms with Crippen molar-refractivity contribution in [2.45, 2.75) is 512 Å². The Morgan fingerprint density at radius 3 is 0.444 bits per heavy atom. The minimum absolute atomic E-state index is 0. The average molecular weight is 1550 g/mol. The first kappa shape index (κ1) is 98.8. The summed E-state index contributed by atoms with van der Waals surface area (Å²) in [6.45, 7) is 4.61. The number of unbranched alkanes of at least 4 members (excludes halogenated alkanes) is 72. The molecule has 2 aromatic carbocycles. The summed E-state index contributed by atoms with van der Waals surface area (Å²) < 4.78 is 67.0. The Bertz CT molecular complexity index is 1980. The molecular weight excluding hydrogens is 1380 g/mol. The SMILES string of the molecule is CCCCCCCCCCCCCCCCCCCCCCCCCCCCCCCCCCCCCCCc1cccc(S(=O)(=O)[O-])c1.CCCCCCCCCCCCCCCCCCCCCCCCCCCCCCCCCCCCCCCc1cccc(S(=O)(=O)[O-])c1.[Ba+2]. The van der Waals surface area contributed by atoms with E-state index in [2.05, 4.69) is 13.8 Å². The molecule has 0 saturated heterocycles. The van der Waals surface area contributed by atoms with E-state index >= 15 is 0 Å². The van der Waals surface area contributed by atoms with Crippen LogP contribution in [0.3, 0.4) is 0 Å². The Labute approximate surface area is 660 Å². The maximum Gasteiger partial charge on any atom is 2.00 e. The smallest absolute Gasteiger partial charge is 0.744 e. The van der Waals surface area contributed by atoms with Crippen LogP contribution < -0.4 is 0 Å². The predicted octanol–water partition coefficient (Wildman–Crippen LogP) is 30.8. The van der Waals surface area contributed by atoms with Crippen LogP contribution in [0.4, 0.5) is 0 Å². The molecule has 0 atom stereocenters. The first-order chi connectivity index (χ1) is 48.1. The minimum atomic E-state index is -4.35. The fourth-order valence-corrected chi connectivity index (χ4v) is 16.0. The van der Waals surface area contributed by atoms with Crippen molar-refractivity contribution >= 4 is 69.1 Å². The van der Waals surface area contributed by atoms with Crippen LogP contribution in [-0.4, -0.2) is 74.8 Å². The fourth-order valence-electron chi connectivity index (χ4n) is 14.9. The van der Waals surface area contributed by atoms with Crippen molar-refractivity contribution in [2.24, 2.45) is 0 Å². The number of aryl methyl sites for hydroxylation is 2. The van der Waals surface area contributed by atoms with Gasteiger partial charge in [0.2, 0.25) is 0 Å². The third-order valence-corrected chi connectivity index (χ3v) is 23.2. The van der Waals surface area contributed by atoms with Crippen molar-refractivity contribution in [1.82, 2.24) is 0 Å². The molecule has 0 aromatic heterocycles. The van der Waals surface area contributed by atoms with E-state index in [1.165, 1.54) is 487 Å². The van der Waals surface area contributed by atoms with Gasteiger partial charge in [0.25, 0.3) is 0 Å². The van der Waals surface area contributed by atoms with Crippen molar-refractivity contribution in [3.63, 3.8) is 0 Å². The zero-order valence-corrected chi connectivity index (χ0v) is 72.4. The number of hydrogen-bond acceptors (Lipinski definition) is 6. The van der Waals surface area contributed by atoms with Gasteiger partial charge in [-0.1, -0.05) is 500 Å². The molecular formula is C90H166BaO6S2. The van der Waals surface area contributed by atoms with Crippen molar-refractivity contribution < 1.29 is 25.9 Å². The molecule has 2 rings (SSSR count). The van der Waals surface area contributed by atoms with Crippen LogP contribution in [0.15, 0.2) is 58.3 Å². The summed E-state index contributed by atoms with van der Waals surface area (Å²) in [7, 11) is -8.70. The van der Waals surface area contributed by atoms with Gasteiger partial charge in [0.15, 0.2) is 0 Å². The predicted molar refractivity (Wildman–Crippen MR) is 435 cm³/mol. The van der Waals surface area contributed by atoms with Crippen LogP contribution in [0.2, 0.25) is 0 Å². The van der Waals surface area contributed by atoms with E-state index in [9.17, 15) is 25.9 Å². The molecule has 576 valence electrons. The Balaban J connectivity index is 0.00000192. The molecule has 9 heteroatoms. The first-order valence-corrected chi connectivity index (χ1v) is 47.0. The Hall–Kier alpha value is -0.169. The van der Waals surface area contributed by atoms with Crippen LogP contribution in [0.25, 0.3) is 0 Å². The van der Waals surface area contributed by atoms with Crippen molar-refractivity contribution in [3.8, 4) is 0 Å². The molecule has 0 fully saturated rings. The molecule has 0 amide bonds. The van der Waals surface area contributed by atoms with E-state index in [1.807, 2.05) is 12.1 Å². The van der Waals surface area contributed by atoms with Gasteiger partial charge in [0, 0.05) is 0 Å². The van der Waals surface area contributed by atoms with Gasteiger partial charge < -0.3 is 9.11 Å². The molecule has 0 bridgehead atoms. The molecule has 6 nitrogen and oxygen atoms in total. The topological polar surface area (TPSA) is 114 Å². The molecule has 0 saturated carbocycles. The Morgan fingerprint density at radius 1 is 0.202 bits per heavy atom. The van der Waals surface area contributed by atoms with E-state index < -0.39 is 20.2 Å². The van der Waals surface area contributed by atoms with E-state index in [-0.39, 0.29) is 58.7 Å². The maximum atomic E-state index is 11.2. The zero-order valence-electron chi connectivity index (χ0n) is 66.3. The maximum absolute atomic E-state index is 11.2. The van der Waals surface area contributed by atoms with Gasteiger partial charge in [-0.05, 0) is 61.1 Å². The molecule has 0 unspecified atom stereocenters. The molecule has 99 heavy (non-hydrogen) atoms. The molecule has 0 N–H and O–H groups in total. The standard InChI is InChI=1S/2C45H84O3S.Ba/c2*1-2-3-4-5-6-7-8-9-10-11-12-13-14-15-16-17-18-19-20-21-22-23-24-25-26-27-28-29-30-31-32-33-34-35-36-37-38-40-44-41-39-42-45(43-44)49(46,47)48;/h2*39,41-43H,2-38,40H2,1H3,(H,46,47,48);/q;;+2/p-2. The van der Waals surface area contributed by atoms with Gasteiger partial charge in [0.05, 0.1) is 9.79 Å². The average Bonchev–Trinajstić information content (AvgIpc) is 0.879. The number of hydrogen-bond donors (Lipinski definition) is 0. The molecule has 2 aromatic rings. The third kappa shape index (κ3) is 74.5. The quantitative estimate of drug-likeness (QED) is 0.0370. The third-order valence-electron chi connectivity index (χ3n) is 21.5. The molecule has 0 heterocycles. The molecule has 0 aliphatic rings. The van der Waals surface area contributed by atoms with Gasteiger partial charge in [-0.3, -0.25) is 0 Å². The minimum Gasteiger partial charge on any atom is -0.744 e. The first-order valence-electron chi connectivity index (χ1n) is 44.2. The van der Waals surface area contributed by atoms with Crippen molar-refractivity contribution in [3.05, 3.63) is 59.7 Å². The van der Waals surface area contributed by atoms with Gasteiger partial charge in [0.1, 0.15) is 20.2 Å². The monoisotopic (exact) mass is 1550 g/mol. The summed E-state index contributed by atoms with van der Waals surface area (Å²) in [6, 6.07) is 13.0. The van der Waals surface area contributed by atoms with Crippen LogP contribution in [0.1, 0.15) is 500 Å². The van der Waals surface area contributed by atoms with Crippen molar-refractivity contribution in [2.75, 3.05) is 0 Å². The second kappa shape index (κ2) is 78.9. The summed E-state index contributed by atoms with van der Waals surface area (Å²) in [5.74, 6) is 0. The van der Waals surface area contributed by atoms with Crippen LogP contribution in [-0.2, 0) is 33.1 Å². The second-order valence-electron chi connectivity index (χ2n) is 31.2. The molecule has 0 aliphatic carbocycles. The van der Waals surface area contributed by atoms with Crippen molar-refractivity contribution in [1.29, 1.82) is 0 Å². The molecule has 0 spiro atoms. The largest absolute Gasteiger partial charge is 2.00 e. The van der Waals surface area contributed by atoms with E-state index in [1.54, 1.807) is 12.1 Å². The van der Waals surface area contributed by atoms with Crippen LogP contribution >= 0.6 is 0 Å². The number of benzene rings is 2. The molecule has 0 aliphatic heterocycles. The Morgan fingerprint density at radius 2 is 0.323 bits per heavy atom. The van der Waals surface area contributed by atoms with Gasteiger partial charge in [-0.15, -0.1) is 0 Å². The van der Waals surface area contributed by atoms with Crippen LogP contribution in [0.5, 0.6) is 0 Å². The summed E-state index contributed by atoms with van der Waals surface area (Å²) in [6.07, 6.45) is 107. The van der Waals surface area contributed by atoms with E-state index in [0.29, 0.717) is 0 Å². The normalized spacial score (nSPS) is 11.8. The van der Waals surface area contributed by atoms with Crippen LogP contribution in [0, 0.1) is 0 Å². The fraction of sp³-hybridized carbons (Fsp3) is 0.867.